The molecule has 1 aromatic carbocycles. The van der Waals surface area contributed by atoms with Crippen molar-refractivity contribution in [3.05, 3.63) is 29.8 Å². The fourth-order valence-corrected chi connectivity index (χ4v) is 3.64. The third-order valence-corrected chi connectivity index (χ3v) is 5.03. The van der Waals surface area contributed by atoms with E-state index in [9.17, 15) is 0 Å². The average Bonchev–Trinajstić information content (AvgIpc) is 3.26. The molecule has 3 rings (SSSR count). The van der Waals surface area contributed by atoms with Gasteiger partial charge in [-0.2, -0.15) is 0 Å². The van der Waals surface area contributed by atoms with Crippen molar-refractivity contribution >= 4 is 5.69 Å². The van der Waals surface area contributed by atoms with Gasteiger partial charge >= 0.3 is 0 Å². The SMILES string of the molecule is CC(C)c1ccccc1N1CCCNC(C)(C2CC2)C1. The molecule has 1 unspecified atom stereocenters. The summed E-state index contributed by atoms with van der Waals surface area (Å²) in [6.45, 7) is 10.5. The molecule has 2 nitrogen and oxygen atoms in total. The van der Waals surface area contributed by atoms with E-state index in [1.807, 2.05) is 0 Å². The van der Waals surface area contributed by atoms with Crippen molar-refractivity contribution in [1.82, 2.24) is 5.32 Å². The van der Waals surface area contributed by atoms with E-state index >= 15 is 0 Å². The molecule has 2 heteroatoms. The predicted octanol–water partition coefficient (Wildman–Crippen LogP) is 3.78. The highest BCUT2D eigenvalue weighted by Gasteiger charge is 2.43. The summed E-state index contributed by atoms with van der Waals surface area (Å²) >= 11 is 0. The van der Waals surface area contributed by atoms with E-state index in [-0.39, 0.29) is 0 Å². The molecule has 2 aliphatic rings. The number of rotatable bonds is 3. The molecule has 0 amide bonds. The first-order valence-electron chi connectivity index (χ1n) is 8.19. The van der Waals surface area contributed by atoms with Crippen LogP contribution in [0.25, 0.3) is 0 Å². The van der Waals surface area contributed by atoms with Crippen molar-refractivity contribution in [1.29, 1.82) is 0 Å². The summed E-state index contributed by atoms with van der Waals surface area (Å²) in [5.74, 6) is 1.48. The lowest BCUT2D eigenvalue weighted by molar-refractivity contribution is 0.331. The first kappa shape index (κ1) is 13.9. The molecule has 20 heavy (non-hydrogen) atoms. The van der Waals surface area contributed by atoms with Crippen molar-refractivity contribution < 1.29 is 0 Å². The van der Waals surface area contributed by atoms with Crippen LogP contribution in [0.4, 0.5) is 5.69 Å². The van der Waals surface area contributed by atoms with Crippen LogP contribution in [0, 0.1) is 5.92 Å². The Morgan fingerprint density at radius 2 is 2.00 bits per heavy atom. The van der Waals surface area contributed by atoms with E-state index < -0.39 is 0 Å². The number of hydrogen-bond acceptors (Lipinski definition) is 2. The Bertz CT molecular complexity index is 464. The van der Waals surface area contributed by atoms with Crippen LogP contribution < -0.4 is 10.2 Å². The highest BCUT2D eigenvalue weighted by molar-refractivity contribution is 5.55. The molecular formula is C18H28N2. The summed E-state index contributed by atoms with van der Waals surface area (Å²) in [7, 11) is 0. The molecule has 0 spiro atoms. The molecule has 1 aliphatic carbocycles. The molecular weight excluding hydrogens is 244 g/mol. The van der Waals surface area contributed by atoms with Gasteiger partial charge in [-0.05, 0) is 56.2 Å². The summed E-state index contributed by atoms with van der Waals surface area (Å²) in [6.07, 6.45) is 4.06. The van der Waals surface area contributed by atoms with Crippen molar-refractivity contribution in [3.63, 3.8) is 0 Å². The molecule has 1 saturated carbocycles. The third kappa shape index (κ3) is 2.71. The molecule has 2 fully saturated rings. The summed E-state index contributed by atoms with van der Waals surface area (Å²) < 4.78 is 0. The molecule has 0 aromatic heterocycles. The summed E-state index contributed by atoms with van der Waals surface area (Å²) in [5.41, 5.74) is 3.26. The van der Waals surface area contributed by atoms with Crippen molar-refractivity contribution in [2.24, 2.45) is 5.92 Å². The number of para-hydroxylation sites is 1. The van der Waals surface area contributed by atoms with Gasteiger partial charge in [0, 0.05) is 24.3 Å². The number of hydrogen-bond donors (Lipinski definition) is 1. The molecule has 1 N–H and O–H groups in total. The maximum absolute atomic E-state index is 3.83. The number of benzene rings is 1. The lowest BCUT2D eigenvalue weighted by atomic mass is 9.94. The average molecular weight is 272 g/mol. The Labute approximate surface area is 123 Å². The first-order chi connectivity index (χ1) is 9.60. The number of nitrogens with zero attached hydrogens (tertiary/aromatic N) is 1. The smallest absolute Gasteiger partial charge is 0.0402 e. The third-order valence-electron chi connectivity index (χ3n) is 5.03. The van der Waals surface area contributed by atoms with Crippen LogP contribution in [0.3, 0.4) is 0 Å². The molecule has 110 valence electrons. The van der Waals surface area contributed by atoms with Gasteiger partial charge in [-0.15, -0.1) is 0 Å². The normalized spacial score (nSPS) is 27.7. The Balaban J connectivity index is 1.88. The van der Waals surface area contributed by atoms with Crippen molar-refractivity contribution in [2.75, 3.05) is 24.5 Å². The monoisotopic (exact) mass is 272 g/mol. The molecule has 1 aromatic rings. The highest BCUT2D eigenvalue weighted by atomic mass is 15.2. The van der Waals surface area contributed by atoms with Crippen molar-refractivity contribution in [2.45, 2.75) is 51.5 Å². The maximum atomic E-state index is 3.83. The van der Waals surface area contributed by atoms with Crippen molar-refractivity contribution in [3.8, 4) is 0 Å². The van der Waals surface area contributed by atoms with Crippen LogP contribution in [0.5, 0.6) is 0 Å². The van der Waals surface area contributed by atoms with Gasteiger partial charge in [0.15, 0.2) is 0 Å². The molecule has 1 atom stereocenters. The molecule has 1 aliphatic heterocycles. The predicted molar refractivity (Wildman–Crippen MR) is 86.5 cm³/mol. The summed E-state index contributed by atoms with van der Waals surface area (Å²) in [6, 6.07) is 8.98. The first-order valence-corrected chi connectivity index (χ1v) is 8.19. The highest BCUT2D eigenvalue weighted by Crippen LogP contribution is 2.41. The minimum atomic E-state index is 0.306. The standard InChI is InChI=1S/C18H28N2/c1-14(2)16-7-4-5-8-17(16)20-12-6-11-19-18(3,13-20)15-9-10-15/h4-5,7-8,14-15,19H,6,9-13H2,1-3H3. The lowest BCUT2D eigenvalue weighted by Gasteiger charge is -2.36. The van der Waals surface area contributed by atoms with Gasteiger partial charge in [-0.1, -0.05) is 32.0 Å². The number of nitrogens with one attached hydrogen (secondary N) is 1. The fourth-order valence-electron chi connectivity index (χ4n) is 3.64. The van der Waals surface area contributed by atoms with Crippen LogP contribution >= 0.6 is 0 Å². The zero-order valence-electron chi connectivity index (χ0n) is 13.2. The largest absolute Gasteiger partial charge is 0.369 e. The van der Waals surface area contributed by atoms with Gasteiger partial charge in [0.05, 0.1) is 0 Å². The zero-order chi connectivity index (χ0) is 14.2. The molecule has 0 bridgehead atoms. The molecule has 1 saturated heterocycles. The zero-order valence-corrected chi connectivity index (χ0v) is 13.2. The van der Waals surface area contributed by atoms with E-state index in [1.165, 1.54) is 37.1 Å². The summed E-state index contributed by atoms with van der Waals surface area (Å²) in [5, 5.41) is 3.83. The van der Waals surface area contributed by atoms with Gasteiger partial charge in [-0.3, -0.25) is 0 Å². The Morgan fingerprint density at radius 3 is 2.70 bits per heavy atom. The quantitative estimate of drug-likeness (QED) is 0.901. The Kier molecular flexibility index (Phi) is 3.76. The number of anilines is 1. The van der Waals surface area contributed by atoms with Gasteiger partial charge in [-0.25, -0.2) is 0 Å². The minimum absolute atomic E-state index is 0.306. The van der Waals surface area contributed by atoms with Crippen LogP contribution in [0.2, 0.25) is 0 Å². The van der Waals surface area contributed by atoms with E-state index in [4.69, 9.17) is 0 Å². The van der Waals surface area contributed by atoms with Gasteiger partial charge in [0.25, 0.3) is 0 Å². The second-order valence-corrected chi connectivity index (χ2v) is 7.11. The van der Waals surface area contributed by atoms with Crippen LogP contribution in [-0.2, 0) is 0 Å². The van der Waals surface area contributed by atoms with E-state index in [2.05, 4.69) is 55.3 Å². The van der Waals surface area contributed by atoms with Gasteiger partial charge in [0.1, 0.15) is 0 Å². The van der Waals surface area contributed by atoms with Crippen LogP contribution in [0.15, 0.2) is 24.3 Å². The Hall–Kier alpha value is -1.02. The van der Waals surface area contributed by atoms with Crippen LogP contribution in [-0.4, -0.2) is 25.2 Å². The Morgan fingerprint density at radius 1 is 1.25 bits per heavy atom. The van der Waals surface area contributed by atoms with E-state index in [0.29, 0.717) is 11.5 Å². The van der Waals surface area contributed by atoms with Gasteiger partial charge in [0.2, 0.25) is 0 Å². The second kappa shape index (κ2) is 5.40. The topological polar surface area (TPSA) is 15.3 Å². The van der Waals surface area contributed by atoms with E-state index in [1.54, 1.807) is 0 Å². The van der Waals surface area contributed by atoms with Crippen LogP contribution in [0.1, 0.15) is 51.5 Å². The van der Waals surface area contributed by atoms with E-state index in [0.717, 1.165) is 19.0 Å². The molecule has 0 radical (unpaired) electrons. The maximum Gasteiger partial charge on any atom is 0.0402 e. The molecule has 1 heterocycles. The fraction of sp³-hybridized carbons (Fsp3) is 0.667. The summed E-state index contributed by atoms with van der Waals surface area (Å²) in [4.78, 5) is 2.63. The van der Waals surface area contributed by atoms with Gasteiger partial charge < -0.3 is 10.2 Å². The second-order valence-electron chi connectivity index (χ2n) is 7.11. The minimum Gasteiger partial charge on any atom is -0.369 e. The lowest BCUT2D eigenvalue weighted by Crippen LogP contribution is -2.51.